The van der Waals surface area contributed by atoms with E-state index < -0.39 is 0 Å². The van der Waals surface area contributed by atoms with Gasteiger partial charge in [0.25, 0.3) is 0 Å². The van der Waals surface area contributed by atoms with Gasteiger partial charge in [0.1, 0.15) is 0 Å². The molecular formula is C25H31N3. The summed E-state index contributed by atoms with van der Waals surface area (Å²) in [5.41, 5.74) is 6.13. The minimum Gasteiger partial charge on any atom is -0.357 e. The highest BCUT2D eigenvalue weighted by molar-refractivity contribution is 5.85. The van der Waals surface area contributed by atoms with Crippen LogP contribution in [0.5, 0.6) is 0 Å². The molecule has 2 heterocycles. The Bertz CT molecular complexity index is 962. The fourth-order valence-electron chi connectivity index (χ4n) is 5.71. The third kappa shape index (κ3) is 2.80. The van der Waals surface area contributed by atoms with Gasteiger partial charge in [-0.2, -0.15) is 0 Å². The average molecular weight is 374 g/mol. The second kappa shape index (κ2) is 6.75. The lowest BCUT2D eigenvalue weighted by Crippen LogP contribution is -2.57. The van der Waals surface area contributed by atoms with Crippen molar-refractivity contribution in [2.24, 2.45) is 0 Å². The van der Waals surface area contributed by atoms with E-state index in [1.165, 1.54) is 47.8 Å². The zero-order chi connectivity index (χ0) is 19.2. The van der Waals surface area contributed by atoms with Gasteiger partial charge in [0, 0.05) is 28.7 Å². The molecule has 1 aliphatic heterocycles. The summed E-state index contributed by atoms with van der Waals surface area (Å²) in [7, 11) is 4.53. The normalized spacial score (nSPS) is 27.4. The third-order valence-electron chi connectivity index (χ3n) is 7.49. The van der Waals surface area contributed by atoms with Crippen molar-refractivity contribution in [1.82, 2.24) is 15.2 Å². The molecule has 2 aliphatic rings. The minimum atomic E-state index is 0.114. The lowest BCUT2D eigenvalue weighted by Gasteiger charge is -2.51. The van der Waals surface area contributed by atoms with Gasteiger partial charge in [-0.1, -0.05) is 48.5 Å². The van der Waals surface area contributed by atoms with E-state index in [0.29, 0.717) is 0 Å². The lowest BCUT2D eigenvalue weighted by atomic mass is 9.66. The largest absolute Gasteiger partial charge is 0.357 e. The SMILES string of the molecule is CN(C)C1(Cc2ccccc2)CCC2(CC1)NCCc1c2[nH]c2ccccc12. The van der Waals surface area contributed by atoms with E-state index in [0.717, 1.165) is 19.4 Å². The number of nitrogens with one attached hydrogen (secondary N) is 2. The number of hydrogen-bond acceptors (Lipinski definition) is 2. The van der Waals surface area contributed by atoms with Gasteiger partial charge in [-0.05, 0) is 69.8 Å². The standard InChI is InChI=1S/C25H31N3/c1-28(2)24(18-19-8-4-3-5-9-19)13-15-25(16-14-24)23-21(12-17-26-25)20-10-6-7-11-22(20)27-23/h3-11,26-27H,12-18H2,1-2H3. The molecule has 1 aliphatic carbocycles. The molecular weight excluding hydrogens is 342 g/mol. The second-order valence-corrected chi connectivity index (χ2v) is 9.06. The second-order valence-electron chi connectivity index (χ2n) is 9.06. The molecule has 3 heteroatoms. The number of likely N-dealkylation sites (N-methyl/N-ethyl adjacent to an activating group) is 1. The first kappa shape index (κ1) is 18.0. The summed E-state index contributed by atoms with van der Waals surface area (Å²) >= 11 is 0. The maximum atomic E-state index is 3.94. The van der Waals surface area contributed by atoms with Crippen LogP contribution in [0.3, 0.4) is 0 Å². The van der Waals surface area contributed by atoms with Gasteiger partial charge in [-0.3, -0.25) is 0 Å². The van der Waals surface area contributed by atoms with Crippen LogP contribution in [0.1, 0.15) is 42.5 Å². The van der Waals surface area contributed by atoms with Crippen LogP contribution in [-0.2, 0) is 18.4 Å². The van der Waals surface area contributed by atoms with E-state index in [-0.39, 0.29) is 11.1 Å². The Morgan fingerprint density at radius 3 is 2.36 bits per heavy atom. The number of hydrogen-bond donors (Lipinski definition) is 2. The van der Waals surface area contributed by atoms with Crippen LogP contribution >= 0.6 is 0 Å². The van der Waals surface area contributed by atoms with Crippen LogP contribution in [0.2, 0.25) is 0 Å². The first-order chi connectivity index (χ1) is 13.6. The van der Waals surface area contributed by atoms with E-state index in [9.17, 15) is 0 Å². The topological polar surface area (TPSA) is 31.1 Å². The zero-order valence-electron chi connectivity index (χ0n) is 17.1. The van der Waals surface area contributed by atoms with E-state index >= 15 is 0 Å². The molecule has 0 radical (unpaired) electrons. The summed E-state index contributed by atoms with van der Waals surface area (Å²) in [6.07, 6.45) is 7.09. The van der Waals surface area contributed by atoms with E-state index in [4.69, 9.17) is 0 Å². The first-order valence-corrected chi connectivity index (χ1v) is 10.7. The quantitative estimate of drug-likeness (QED) is 0.701. The third-order valence-corrected chi connectivity index (χ3v) is 7.49. The molecule has 146 valence electrons. The molecule has 2 N–H and O–H groups in total. The smallest absolute Gasteiger partial charge is 0.0591 e. The molecule has 3 aromatic rings. The van der Waals surface area contributed by atoms with Gasteiger partial charge in [-0.25, -0.2) is 0 Å². The highest BCUT2D eigenvalue weighted by Gasteiger charge is 2.47. The minimum absolute atomic E-state index is 0.114. The van der Waals surface area contributed by atoms with Crippen LogP contribution in [0.25, 0.3) is 10.9 Å². The molecule has 1 saturated carbocycles. The molecule has 0 amide bonds. The highest BCUT2D eigenvalue weighted by atomic mass is 15.2. The fourth-order valence-corrected chi connectivity index (χ4v) is 5.71. The van der Waals surface area contributed by atoms with Gasteiger partial charge in [-0.15, -0.1) is 0 Å². The summed E-state index contributed by atoms with van der Waals surface area (Å²) in [5, 5.41) is 5.37. The Labute approximate surface area is 168 Å². The predicted octanol–water partition coefficient (Wildman–Crippen LogP) is 4.63. The number of para-hydroxylation sites is 1. The van der Waals surface area contributed by atoms with Gasteiger partial charge in [0.05, 0.1) is 5.54 Å². The molecule has 5 rings (SSSR count). The van der Waals surface area contributed by atoms with Crippen molar-refractivity contribution in [3.8, 4) is 0 Å². The Hall–Kier alpha value is -2.10. The van der Waals surface area contributed by atoms with E-state index in [1.54, 1.807) is 5.56 Å². The summed E-state index contributed by atoms with van der Waals surface area (Å²) in [6.45, 7) is 1.09. The van der Waals surface area contributed by atoms with Crippen molar-refractivity contribution < 1.29 is 0 Å². The van der Waals surface area contributed by atoms with Crippen LogP contribution in [0, 0.1) is 0 Å². The number of fused-ring (bicyclic) bond motifs is 4. The van der Waals surface area contributed by atoms with Crippen LogP contribution in [0.15, 0.2) is 54.6 Å². The van der Waals surface area contributed by atoms with Crippen molar-refractivity contribution in [3.63, 3.8) is 0 Å². The number of nitrogens with zero attached hydrogens (tertiary/aromatic N) is 1. The molecule has 0 atom stereocenters. The van der Waals surface area contributed by atoms with Crippen molar-refractivity contribution in [1.29, 1.82) is 0 Å². The maximum absolute atomic E-state index is 3.94. The van der Waals surface area contributed by atoms with Gasteiger partial charge in [0.2, 0.25) is 0 Å². The van der Waals surface area contributed by atoms with Crippen LogP contribution < -0.4 is 5.32 Å². The monoisotopic (exact) mass is 373 g/mol. The average Bonchev–Trinajstić information content (AvgIpc) is 3.11. The number of aromatic amines is 1. The Kier molecular flexibility index (Phi) is 4.33. The van der Waals surface area contributed by atoms with Crippen LogP contribution in [-0.4, -0.2) is 36.1 Å². The summed E-state index contributed by atoms with van der Waals surface area (Å²) in [6, 6.07) is 19.8. The summed E-state index contributed by atoms with van der Waals surface area (Å²) in [4.78, 5) is 6.29. The molecule has 0 saturated heterocycles. The van der Waals surface area contributed by atoms with Crippen molar-refractivity contribution >= 4 is 10.9 Å². The van der Waals surface area contributed by atoms with Gasteiger partial charge in [0.15, 0.2) is 0 Å². The highest BCUT2D eigenvalue weighted by Crippen LogP contribution is 2.47. The number of aromatic nitrogens is 1. The maximum Gasteiger partial charge on any atom is 0.0591 e. The zero-order valence-corrected chi connectivity index (χ0v) is 17.1. The van der Waals surface area contributed by atoms with Crippen molar-refractivity contribution in [2.75, 3.05) is 20.6 Å². The Morgan fingerprint density at radius 1 is 0.893 bits per heavy atom. The first-order valence-electron chi connectivity index (χ1n) is 10.7. The van der Waals surface area contributed by atoms with Crippen LogP contribution in [0.4, 0.5) is 0 Å². The molecule has 1 spiro atoms. The van der Waals surface area contributed by atoms with Crippen molar-refractivity contribution in [3.05, 3.63) is 71.4 Å². The molecule has 1 aromatic heterocycles. The Morgan fingerprint density at radius 2 is 1.61 bits per heavy atom. The van der Waals surface area contributed by atoms with E-state index in [1.807, 2.05) is 0 Å². The number of benzene rings is 2. The molecule has 3 nitrogen and oxygen atoms in total. The Balaban J connectivity index is 1.46. The van der Waals surface area contributed by atoms with Gasteiger partial charge >= 0.3 is 0 Å². The lowest BCUT2D eigenvalue weighted by molar-refractivity contribution is 0.0521. The fraction of sp³-hybridized carbons (Fsp3) is 0.440. The molecule has 1 fully saturated rings. The number of rotatable bonds is 3. The molecule has 0 bridgehead atoms. The van der Waals surface area contributed by atoms with Gasteiger partial charge < -0.3 is 15.2 Å². The molecule has 0 unspecified atom stereocenters. The summed E-state index contributed by atoms with van der Waals surface area (Å²) < 4.78 is 0. The predicted molar refractivity (Wildman–Crippen MR) is 117 cm³/mol. The molecule has 28 heavy (non-hydrogen) atoms. The van der Waals surface area contributed by atoms with E-state index in [2.05, 4.69) is 83.9 Å². The number of H-pyrrole nitrogens is 1. The summed E-state index contributed by atoms with van der Waals surface area (Å²) in [5.74, 6) is 0. The molecule has 2 aromatic carbocycles. The van der Waals surface area contributed by atoms with Crippen molar-refractivity contribution in [2.45, 2.75) is 49.6 Å².